The van der Waals surface area contributed by atoms with Gasteiger partial charge in [0, 0.05) is 21.2 Å². The van der Waals surface area contributed by atoms with Crippen molar-refractivity contribution in [1.82, 2.24) is 5.32 Å². The van der Waals surface area contributed by atoms with Gasteiger partial charge in [-0.05, 0) is 40.2 Å². The van der Waals surface area contributed by atoms with Crippen LogP contribution in [0.15, 0.2) is 33.4 Å². The molecule has 104 valence electrons. The Morgan fingerprint density at radius 3 is 2.85 bits per heavy atom. The summed E-state index contributed by atoms with van der Waals surface area (Å²) in [6.45, 7) is 0.477. The van der Waals surface area contributed by atoms with E-state index in [9.17, 15) is 9.59 Å². The molecule has 20 heavy (non-hydrogen) atoms. The first kappa shape index (κ1) is 15.0. The van der Waals surface area contributed by atoms with Crippen LogP contribution in [0.4, 0.5) is 0 Å². The maximum absolute atomic E-state index is 11.9. The molecular formula is C13H10BrNO3S2. The molecule has 2 N–H and O–H groups in total. The van der Waals surface area contributed by atoms with E-state index in [0.29, 0.717) is 12.1 Å². The molecule has 1 amide bonds. The Hall–Kier alpha value is -1.44. The topological polar surface area (TPSA) is 66.4 Å². The molecule has 0 spiro atoms. The van der Waals surface area contributed by atoms with Gasteiger partial charge in [-0.3, -0.25) is 4.79 Å². The van der Waals surface area contributed by atoms with E-state index in [1.807, 2.05) is 12.1 Å². The summed E-state index contributed by atoms with van der Waals surface area (Å²) in [7, 11) is 0. The predicted octanol–water partition coefficient (Wildman–Crippen LogP) is 3.60. The minimum Gasteiger partial charge on any atom is -0.478 e. The highest BCUT2D eigenvalue weighted by Crippen LogP contribution is 2.22. The summed E-state index contributed by atoms with van der Waals surface area (Å²) in [5.74, 6) is -1.17. The standard InChI is InChI=1S/C13H10BrNO3S2/c14-11-3-1-10(20-11)6-15-13(18)8-5-9(19-7-8)2-4-12(16)17/h1-5,7H,6H2,(H,15,18)(H,16,17). The normalized spacial score (nSPS) is 10.8. The number of rotatable bonds is 5. The van der Waals surface area contributed by atoms with Crippen LogP contribution in [0.5, 0.6) is 0 Å². The Morgan fingerprint density at radius 2 is 2.20 bits per heavy atom. The first-order valence-electron chi connectivity index (χ1n) is 5.56. The number of carbonyl (C=O) groups excluding carboxylic acids is 1. The third-order valence-corrected chi connectivity index (χ3v) is 4.85. The number of thiophene rings is 2. The molecule has 0 aliphatic carbocycles. The fraction of sp³-hybridized carbons (Fsp3) is 0.0769. The van der Waals surface area contributed by atoms with Crippen LogP contribution in [-0.2, 0) is 11.3 Å². The van der Waals surface area contributed by atoms with Crippen LogP contribution in [0, 0.1) is 0 Å². The summed E-state index contributed by atoms with van der Waals surface area (Å²) >= 11 is 6.27. The Kier molecular flexibility index (Phi) is 5.11. The molecule has 2 aromatic rings. The number of carbonyl (C=O) groups is 2. The van der Waals surface area contributed by atoms with Crippen molar-refractivity contribution < 1.29 is 14.7 Å². The highest BCUT2D eigenvalue weighted by atomic mass is 79.9. The van der Waals surface area contributed by atoms with E-state index in [1.54, 1.807) is 22.8 Å². The molecule has 0 aliphatic rings. The minimum atomic E-state index is -1.01. The molecule has 2 rings (SSSR count). The van der Waals surface area contributed by atoms with Gasteiger partial charge in [0.05, 0.1) is 15.9 Å². The lowest BCUT2D eigenvalue weighted by atomic mass is 10.3. The van der Waals surface area contributed by atoms with E-state index in [-0.39, 0.29) is 5.91 Å². The number of carboxylic acids is 1. The number of hydrogen-bond acceptors (Lipinski definition) is 4. The summed E-state index contributed by atoms with van der Waals surface area (Å²) in [6.07, 6.45) is 2.52. The first-order chi connectivity index (χ1) is 9.54. The molecule has 2 heterocycles. The van der Waals surface area contributed by atoms with Crippen molar-refractivity contribution in [1.29, 1.82) is 0 Å². The molecular weight excluding hydrogens is 362 g/mol. The van der Waals surface area contributed by atoms with Gasteiger partial charge in [-0.15, -0.1) is 22.7 Å². The van der Waals surface area contributed by atoms with E-state index < -0.39 is 5.97 Å². The Bertz CT molecular complexity index is 660. The van der Waals surface area contributed by atoms with Crippen LogP contribution in [-0.4, -0.2) is 17.0 Å². The minimum absolute atomic E-state index is 0.166. The summed E-state index contributed by atoms with van der Waals surface area (Å²) in [4.78, 5) is 24.1. The summed E-state index contributed by atoms with van der Waals surface area (Å²) in [5.41, 5.74) is 0.538. The van der Waals surface area contributed by atoms with Gasteiger partial charge in [-0.25, -0.2) is 4.79 Å². The van der Waals surface area contributed by atoms with Gasteiger partial charge in [0.15, 0.2) is 0 Å². The quantitative estimate of drug-likeness (QED) is 0.789. The maximum Gasteiger partial charge on any atom is 0.328 e. The summed E-state index contributed by atoms with van der Waals surface area (Å²) in [5, 5.41) is 13.1. The van der Waals surface area contributed by atoms with Crippen LogP contribution in [0.1, 0.15) is 20.1 Å². The average molecular weight is 372 g/mol. The van der Waals surface area contributed by atoms with Crippen LogP contribution in [0.25, 0.3) is 6.08 Å². The fourth-order valence-corrected chi connectivity index (χ4v) is 3.63. The van der Waals surface area contributed by atoms with Gasteiger partial charge in [-0.1, -0.05) is 0 Å². The van der Waals surface area contributed by atoms with Crippen molar-refractivity contribution in [3.8, 4) is 0 Å². The molecule has 0 atom stereocenters. The van der Waals surface area contributed by atoms with Gasteiger partial charge >= 0.3 is 5.97 Å². The second-order valence-electron chi connectivity index (χ2n) is 3.80. The van der Waals surface area contributed by atoms with Crippen molar-refractivity contribution in [3.05, 3.63) is 48.8 Å². The third kappa shape index (κ3) is 4.29. The van der Waals surface area contributed by atoms with Crippen LogP contribution >= 0.6 is 38.6 Å². The van der Waals surface area contributed by atoms with Crippen molar-refractivity contribution in [3.63, 3.8) is 0 Å². The van der Waals surface area contributed by atoms with Crippen molar-refractivity contribution in [2.45, 2.75) is 6.54 Å². The lowest BCUT2D eigenvalue weighted by molar-refractivity contribution is -0.131. The van der Waals surface area contributed by atoms with Gasteiger partial charge < -0.3 is 10.4 Å². The van der Waals surface area contributed by atoms with E-state index in [1.165, 1.54) is 17.4 Å². The molecule has 0 aromatic carbocycles. The number of hydrogen-bond donors (Lipinski definition) is 2. The second-order valence-corrected chi connectivity index (χ2v) is 7.29. The number of aliphatic carboxylic acids is 1. The highest BCUT2D eigenvalue weighted by Gasteiger charge is 2.08. The van der Waals surface area contributed by atoms with Crippen LogP contribution in [0.2, 0.25) is 0 Å². The average Bonchev–Trinajstić information content (AvgIpc) is 3.02. The monoisotopic (exact) mass is 371 g/mol. The molecule has 7 heteroatoms. The van der Waals surface area contributed by atoms with E-state index in [2.05, 4.69) is 21.2 Å². The molecule has 0 saturated carbocycles. The number of carboxylic acid groups (broad SMARTS) is 1. The molecule has 0 radical (unpaired) electrons. The van der Waals surface area contributed by atoms with Crippen molar-refractivity contribution in [2.24, 2.45) is 0 Å². The highest BCUT2D eigenvalue weighted by molar-refractivity contribution is 9.11. The summed E-state index contributed by atoms with van der Waals surface area (Å²) < 4.78 is 1.03. The lowest BCUT2D eigenvalue weighted by Gasteiger charge is -2.00. The predicted molar refractivity (Wildman–Crippen MR) is 84.2 cm³/mol. The van der Waals surface area contributed by atoms with Gasteiger partial charge in [0.1, 0.15) is 0 Å². The molecule has 4 nitrogen and oxygen atoms in total. The zero-order valence-corrected chi connectivity index (χ0v) is 13.3. The Morgan fingerprint density at radius 1 is 1.40 bits per heavy atom. The molecule has 0 bridgehead atoms. The van der Waals surface area contributed by atoms with Crippen molar-refractivity contribution >= 4 is 56.6 Å². The zero-order valence-electron chi connectivity index (χ0n) is 10.1. The third-order valence-electron chi connectivity index (χ3n) is 2.32. The fourth-order valence-electron chi connectivity index (χ4n) is 1.43. The van der Waals surface area contributed by atoms with Crippen LogP contribution < -0.4 is 5.32 Å². The van der Waals surface area contributed by atoms with Gasteiger partial charge in [-0.2, -0.15) is 0 Å². The molecule has 0 aliphatic heterocycles. The first-order valence-corrected chi connectivity index (χ1v) is 8.05. The van der Waals surface area contributed by atoms with Crippen LogP contribution in [0.3, 0.4) is 0 Å². The molecule has 0 unspecified atom stereocenters. The largest absolute Gasteiger partial charge is 0.478 e. The molecule has 0 fully saturated rings. The Labute approximate surface area is 131 Å². The summed E-state index contributed by atoms with van der Waals surface area (Å²) in [6, 6.07) is 5.55. The Balaban J connectivity index is 1.94. The smallest absolute Gasteiger partial charge is 0.328 e. The number of halogens is 1. The van der Waals surface area contributed by atoms with Gasteiger partial charge in [0.25, 0.3) is 5.91 Å². The van der Waals surface area contributed by atoms with Crippen molar-refractivity contribution in [2.75, 3.05) is 0 Å². The van der Waals surface area contributed by atoms with Gasteiger partial charge in [0.2, 0.25) is 0 Å². The van der Waals surface area contributed by atoms with E-state index in [0.717, 1.165) is 19.6 Å². The van der Waals surface area contributed by atoms with E-state index in [4.69, 9.17) is 5.11 Å². The second kappa shape index (κ2) is 6.83. The zero-order chi connectivity index (χ0) is 14.5. The lowest BCUT2D eigenvalue weighted by Crippen LogP contribution is -2.21. The maximum atomic E-state index is 11.9. The number of amides is 1. The van der Waals surface area contributed by atoms with E-state index >= 15 is 0 Å². The SMILES string of the molecule is O=C(O)C=Cc1cc(C(=O)NCc2ccc(Br)s2)cs1. The molecule has 2 aromatic heterocycles. The number of nitrogens with one attached hydrogen (secondary N) is 1. The molecule has 0 saturated heterocycles.